The maximum absolute atomic E-state index is 12.8. The maximum atomic E-state index is 12.8. The number of fused-ring (bicyclic) bond motifs is 5. The molecule has 0 aromatic heterocycles. The highest BCUT2D eigenvalue weighted by molar-refractivity contribution is 5.69. The van der Waals surface area contributed by atoms with Crippen LogP contribution in [-0.2, 0) is 14.3 Å². The molecule has 0 aromatic rings. The highest BCUT2D eigenvalue weighted by Crippen LogP contribution is 2.68. The lowest BCUT2D eigenvalue weighted by Crippen LogP contribution is -2.54. The van der Waals surface area contributed by atoms with Crippen LogP contribution in [0.25, 0.3) is 0 Å². The number of hydrogen-bond acceptors (Lipinski definition) is 3. The van der Waals surface area contributed by atoms with E-state index in [0.29, 0.717) is 41.4 Å². The first kappa shape index (κ1) is 37.5. The molecule has 4 aliphatic carbocycles. The highest BCUT2D eigenvalue weighted by atomic mass is 16.5. The Morgan fingerprint density at radius 2 is 1.39 bits per heavy atom. The third kappa shape index (κ3) is 9.87. The summed E-state index contributed by atoms with van der Waals surface area (Å²) in [5.41, 5.74) is 0.780. The quantitative estimate of drug-likeness (QED) is 0.0817. The lowest BCUT2D eigenvalue weighted by atomic mass is 9.44. The van der Waals surface area contributed by atoms with Gasteiger partial charge in [0.1, 0.15) is 6.10 Å². The number of carboxylic acid groups (broad SMARTS) is 1. The summed E-state index contributed by atoms with van der Waals surface area (Å²) < 4.78 is 6.12. The average molecular weight is 641 g/mol. The molecule has 0 aliphatic heterocycles. The van der Waals surface area contributed by atoms with E-state index in [0.717, 1.165) is 49.9 Å². The third-order valence-electron chi connectivity index (χ3n) is 14.1. The number of aliphatic carboxylic acids is 1. The number of unbranched alkanes of at least 4 members (excludes halogenated alkanes) is 11. The zero-order chi connectivity index (χ0) is 33.0. The Hall–Kier alpha value is -1.32. The van der Waals surface area contributed by atoms with Crippen LogP contribution in [0.5, 0.6) is 0 Å². The van der Waals surface area contributed by atoms with Gasteiger partial charge >= 0.3 is 11.9 Å². The summed E-state index contributed by atoms with van der Waals surface area (Å²) in [7, 11) is 0. The molecule has 4 heteroatoms. The van der Waals surface area contributed by atoms with Gasteiger partial charge in [0.2, 0.25) is 0 Å². The first-order valence-electron chi connectivity index (χ1n) is 20.2. The van der Waals surface area contributed by atoms with Gasteiger partial charge in [-0.15, -0.1) is 0 Å². The first-order chi connectivity index (χ1) is 22.2. The zero-order valence-corrected chi connectivity index (χ0v) is 30.5. The van der Waals surface area contributed by atoms with Crippen molar-refractivity contribution < 1.29 is 19.4 Å². The molecule has 0 aromatic carbocycles. The Labute approximate surface area is 283 Å². The van der Waals surface area contributed by atoms with E-state index in [-0.39, 0.29) is 12.1 Å². The van der Waals surface area contributed by atoms with Crippen molar-refractivity contribution in [2.75, 3.05) is 0 Å². The molecule has 46 heavy (non-hydrogen) atoms. The van der Waals surface area contributed by atoms with Gasteiger partial charge in [-0.2, -0.15) is 0 Å². The van der Waals surface area contributed by atoms with Gasteiger partial charge in [-0.05, 0) is 143 Å². The number of allylic oxidation sites excluding steroid dienone is 2. The van der Waals surface area contributed by atoms with E-state index in [4.69, 9.17) is 4.74 Å². The minimum absolute atomic E-state index is 0.0439. The van der Waals surface area contributed by atoms with Crippen LogP contribution in [0.1, 0.15) is 188 Å². The van der Waals surface area contributed by atoms with E-state index < -0.39 is 5.97 Å². The topological polar surface area (TPSA) is 63.6 Å². The van der Waals surface area contributed by atoms with Crippen molar-refractivity contribution in [2.24, 2.45) is 46.3 Å². The lowest BCUT2D eigenvalue weighted by molar-refractivity contribution is -0.162. The van der Waals surface area contributed by atoms with Crippen LogP contribution in [0.2, 0.25) is 0 Å². The van der Waals surface area contributed by atoms with E-state index in [9.17, 15) is 14.7 Å². The third-order valence-corrected chi connectivity index (χ3v) is 14.1. The molecule has 0 amide bonds. The first-order valence-corrected chi connectivity index (χ1v) is 20.2. The molecule has 4 saturated carbocycles. The predicted molar refractivity (Wildman–Crippen MR) is 191 cm³/mol. The van der Waals surface area contributed by atoms with Crippen LogP contribution in [0.15, 0.2) is 12.2 Å². The Bertz CT molecular complexity index is 957. The molecule has 264 valence electrons. The van der Waals surface area contributed by atoms with Crippen molar-refractivity contribution in [3.8, 4) is 0 Å². The zero-order valence-electron chi connectivity index (χ0n) is 30.5. The summed E-state index contributed by atoms with van der Waals surface area (Å²) in [5, 5.41) is 9.26. The molecule has 4 rings (SSSR count). The highest BCUT2D eigenvalue weighted by Gasteiger charge is 2.60. The average Bonchev–Trinajstić information content (AvgIpc) is 3.39. The Morgan fingerprint density at radius 3 is 2.09 bits per heavy atom. The predicted octanol–water partition coefficient (Wildman–Crippen LogP) is 12.1. The summed E-state index contributed by atoms with van der Waals surface area (Å²) in [6.45, 7) is 9.78. The number of rotatable bonds is 20. The summed E-state index contributed by atoms with van der Waals surface area (Å²) in [6.07, 6.45) is 34.5. The maximum Gasteiger partial charge on any atom is 0.306 e. The van der Waals surface area contributed by atoms with Gasteiger partial charge in [0, 0.05) is 12.8 Å². The normalized spacial score (nSPS) is 34.5. The minimum atomic E-state index is -0.647. The van der Waals surface area contributed by atoms with Crippen molar-refractivity contribution in [2.45, 2.75) is 194 Å². The Morgan fingerprint density at radius 1 is 0.761 bits per heavy atom. The number of esters is 1. The lowest BCUT2D eigenvalue weighted by Gasteiger charge is -2.61. The van der Waals surface area contributed by atoms with Gasteiger partial charge in [-0.3, -0.25) is 9.59 Å². The van der Waals surface area contributed by atoms with Crippen molar-refractivity contribution in [3.63, 3.8) is 0 Å². The number of carbonyl (C=O) groups excluding carboxylic acids is 1. The number of carbonyl (C=O) groups is 2. The second kappa shape index (κ2) is 18.4. The molecule has 1 unspecified atom stereocenters. The monoisotopic (exact) mass is 641 g/mol. The van der Waals surface area contributed by atoms with Crippen LogP contribution in [-0.4, -0.2) is 23.1 Å². The Kier molecular flexibility index (Phi) is 15.0. The van der Waals surface area contributed by atoms with Gasteiger partial charge < -0.3 is 9.84 Å². The van der Waals surface area contributed by atoms with Crippen LogP contribution < -0.4 is 0 Å². The summed E-state index contributed by atoms with van der Waals surface area (Å²) in [6, 6.07) is 0. The molecule has 0 spiro atoms. The van der Waals surface area contributed by atoms with Crippen LogP contribution >= 0.6 is 0 Å². The minimum Gasteiger partial charge on any atom is -0.481 e. The van der Waals surface area contributed by atoms with Gasteiger partial charge in [0.15, 0.2) is 0 Å². The van der Waals surface area contributed by atoms with Crippen LogP contribution in [0.3, 0.4) is 0 Å². The second-order valence-electron chi connectivity index (χ2n) is 17.0. The van der Waals surface area contributed by atoms with E-state index in [1.165, 1.54) is 116 Å². The molecule has 4 nitrogen and oxygen atoms in total. The van der Waals surface area contributed by atoms with E-state index in [1.54, 1.807) is 0 Å². The van der Waals surface area contributed by atoms with E-state index >= 15 is 0 Å². The summed E-state index contributed by atoms with van der Waals surface area (Å²) in [4.78, 5) is 24.0. The van der Waals surface area contributed by atoms with Crippen molar-refractivity contribution in [1.29, 1.82) is 0 Å². The molecule has 0 bridgehead atoms. The largest absolute Gasteiger partial charge is 0.481 e. The second-order valence-corrected chi connectivity index (χ2v) is 17.0. The molecule has 0 radical (unpaired) electrons. The molecule has 4 fully saturated rings. The molecule has 1 N–H and O–H groups in total. The van der Waals surface area contributed by atoms with Gasteiger partial charge in [0.25, 0.3) is 0 Å². The smallest absolute Gasteiger partial charge is 0.306 e. The molecule has 9 atom stereocenters. The molecule has 0 heterocycles. The van der Waals surface area contributed by atoms with E-state index in [1.807, 2.05) is 0 Å². The van der Waals surface area contributed by atoms with Gasteiger partial charge in [-0.1, -0.05) is 91.2 Å². The fourth-order valence-corrected chi connectivity index (χ4v) is 11.4. The SMILES string of the molecule is CCCCCCCC/C=C\CCCCCCCC(=O)O[C@@H]1CC[C@@]2(C)C(CC[C@H]3[C@@H]4CC[C@H]([C@H](C)CCC(=O)O)[C@@]4(C)CC[C@@H]32)C1. The van der Waals surface area contributed by atoms with Crippen molar-refractivity contribution in [1.82, 2.24) is 0 Å². The molecule has 4 aliphatic rings. The van der Waals surface area contributed by atoms with Crippen LogP contribution in [0.4, 0.5) is 0 Å². The summed E-state index contributed by atoms with van der Waals surface area (Å²) >= 11 is 0. The molecule has 0 saturated heterocycles. The van der Waals surface area contributed by atoms with Crippen molar-refractivity contribution >= 4 is 11.9 Å². The van der Waals surface area contributed by atoms with E-state index in [2.05, 4.69) is 39.8 Å². The number of hydrogen-bond donors (Lipinski definition) is 1. The fraction of sp³-hybridized carbons (Fsp3) is 0.905. The van der Waals surface area contributed by atoms with Gasteiger partial charge in [-0.25, -0.2) is 0 Å². The van der Waals surface area contributed by atoms with Crippen molar-refractivity contribution in [3.05, 3.63) is 12.2 Å². The fourth-order valence-electron chi connectivity index (χ4n) is 11.4. The summed E-state index contributed by atoms with van der Waals surface area (Å²) in [5.74, 6) is 3.72. The van der Waals surface area contributed by atoms with Gasteiger partial charge in [0.05, 0.1) is 0 Å². The number of ether oxygens (including phenoxy) is 1. The molecular formula is C42H72O4. The Balaban J connectivity index is 1.10. The number of carboxylic acids is 1. The molecular weight excluding hydrogens is 568 g/mol. The standard InChI is InChI=1S/C42H72O4/c1-5-6-7-8-9-10-11-12-13-14-15-16-17-18-19-20-40(45)46-34-27-29-41(3)33(31-34)22-23-35-37-25-24-36(32(2)21-26-39(43)44)42(37,4)30-28-38(35)41/h12-13,32-38H,5-11,14-31H2,1-4H3,(H,43,44)/b13-12-/t32-,33?,34-,35+,36-,37+,38+,41+,42-/m1/s1. The van der Waals surface area contributed by atoms with Crippen LogP contribution in [0, 0.1) is 46.3 Å².